The maximum absolute atomic E-state index is 6.41. The van der Waals surface area contributed by atoms with E-state index < -0.39 is 0 Å². The number of furan rings is 1. The molecular weight excluding hydrogens is 633 g/mol. The van der Waals surface area contributed by atoms with E-state index in [4.69, 9.17) is 9.40 Å². The maximum atomic E-state index is 6.41. The van der Waals surface area contributed by atoms with Gasteiger partial charge in [0.25, 0.3) is 0 Å². The molecule has 8 aromatic carbocycles. The highest BCUT2D eigenvalue weighted by atomic mass is 16.3. The van der Waals surface area contributed by atoms with Crippen molar-refractivity contribution in [1.29, 1.82) is 0 Å². The summed E-state index contributed by atoms with van der Waals surface area (Å²) in [5.74, 6) is 0. The maximum Gasteiger partial charge on any atom is 0.146 e. The van der Waals surface area contributed by atoms with E-state index in [1.807, 2.05) is 12.1 Å². The van der Waals surface area contributed by atoms with Crippen LogP contribution in [0, 0.1) is 0 Å². The van der Waals surface area contributed by atoms with Gasteiger partial charge in [-0.1, -0.05) is 152 Å². The molecule has 0 bridgehead atoms. The third kappa shape index (κ3) is 4.36. The van der Waals surface area contributed by atoms with Gasteiger partial charge in [0.2, 0.25) is 0 Å². The first-order valence-electron chi connectivity index (χ1n) is 17.7. The fourth-order valence-corrected chi connectivity index (χ4v) is 8.10. The summed E-state index contributed by atoms with van der Waals surface area (Å²) in [7, 11) is 0. The van der Waals surface area contributed by atoms with Crippen LogP contribution in [0.25, 0.3) is 105 Å². The number of aromatic nitrogens is 2. The van der Waals surface area contributed by atoms with Crippen LogP contribution < -0.4 is 0 Å². The van der Waals surface area contributed by atoms with Crippen molar-refractivity contribution in [3.05, 3.63) is 182 Å². The van der Waals surface area contributed by atoms with Gasteiger partial charge in [0.05, 0.1) is 16.9 Å². The zero-order valence-electron chi connectivity index (χ0n) is 28.1. The number of pyridine rings is 1. The predicted octanol–water partition coefficient (Wildman–Crippen LogP) is 13.4. The number of benzene rings is 8. The number of hydrogen-bond acceptors (Lipinski definition) is 2. The molecule has 0 saturated heterocycles. The van der Waals surface area contributed by atoms with Crippen LogP contribution in [0.4, 0.5) is 0 Å². The van der Waals surface area contributed by atoms with E-state index in [0.29, 0.717) is 0 Å². The Morgan fingerprint density at radius 2 is 1.04 bits per heavy atom. The molecule has 0 amide bonds. The summed E-state index contributed by atoms with van der Waals surface area (Å²) in [6, 6.07) is 65.0. The Labute approximate surface area is 299 Å². The van der Waals surface area contributed by atoms with E-state index in [2.05, 4.69) is 174 Å². The average molecular weight is 663 g/mol. The van der Waals surface area contributed by atoms with Crippen molar-refractivity contribution < 1.29 is 4.42 Å². The standard InChI is InChI=1S/C49H30N2O/c1-3-12-32(13-4-1)46-47(33-14-5-2-6-15-33)51-44-27-26-35(30-43(44)39-16-7-8-18-42(39)49(51)50-46)34-24-22-31-23-25-36(29-37(31)28-34)38-19-11-20-41-40-17-9-10-21-45(40)52-48(38)41/h1-30H. The minimum atomic E-state index is 0.914. The monoisotopic (exact) mass is 662 g/mol. The average Bonchev–Trinajstić information content (AvgIpc) is 3.81. The molecule has 3 heteroatoms. The minimum Gasteiger partial charge on any atom is -0.455 e. The van der Waals surface area contributed by atoms with E-state index in [0.717, 1.165) is 72.1 Å². The Morgan fingerprint density at radius 3 is 1.87 bits per heavy atom. The molecule has 0 atom stereocenters. The molecule has 0 unspecified atom stereocenters. The number of para-hydroxylation sites is 2. The van der Waals surface area contributed by atoms with Gasteiger partial charge < -0.3 is 4.42 Å². The number of imidazole rings is 1. The summed E-state index contributed by atoms with van der Waals surface area (Å²) in [4.78, 5) is 5.37. The molecule has 0 saturated carbocycles. The zero-order valence-corrected chi connectivity index (χ0v) is 28.1. The second-order valence-corrected chi connectivity index (χ2v) is 13.5. The van der Waals surface area contributed by atoms with Crippen molar-refractivity contribution in [3.8, 4) is 44.8 Å². The molecular formula is C49H30N2O. The summed E-state index contributed by atoms with van der Waals surface area (Å²) >= 11 is 0. The second kappa shape index (κ2) is 11.3. The van der Waals surface area contributed by atoms with Crippen LogP contribution in [0.15, 0.2) is 186 Å². The summed E-state index contributed by atoms with van der Waals surface area (Å²) in [6.07, 6.45) is 0. The summed E-state index contributed by atoms with van der Waals surface area (Å²) < 4.78 is 8.77. The van der Waals surface area contributed by atoms with Gasteiger partial charge in [-0.2, -0.15) is 0 Å². The summed E-state index contributed by atoms with van der Waals surface area (Å²) in [5.41, 5.74) is 12.9. The highest BCUT2D eigenvalue weighted by Gasteiger charge is 2.21. The summed E-state index contributed by atoms with van der Waals surface area (Å²) in [6.45, 7) is 0. The van der Waals surface area contributed by atoms with E-state index in [-0.39, 0.29) is 0 Å². The molecule has 3 heterocycles. The molecule has 0 aliphatic heterocycles. The Morgan fingerprint density at radius 1 is 0.404 bits per heavy atom. The van der Waals surface area contributed by atoms with Crippen LogP contribution >= 0.6 is 0 Å². The van der Waals surface area contributed by atoms with Crippen molar-refractivity contribution in [2.45, 2.75) is 0 Å². The number of fused-ring (bicyclic) bond motifs is 10. The Bertz CT molecular complexity index is 3170. The van der Waals surface area contributed by atoms with E-state index in [9.17, 15) is 0 Å². The lowest BCUT2D eigenvalue weighted by Gasteiger charge is -2.13. The first kappa shape index (κ1) is 28.8. The van der Waals surface area contributed by atoms with Crippen molar-refractivity contribution in [2.24, 2.45) is 0 Å². The number of nitrogens with zero attached hydrogens (tertiary/aromatic N) is 2. The largest absolute Gasteiger partial charge is 0.455 e. The molecule has 0 N–H and O–H groups in total. The van der Waals surface area contributed by atoms with Gasteiger partial charge in [0.1, 0.15) is 16.8 Å². The zero-order chi connectivity index (χ0) is 34.2. The minimum absolute atomic E-state index is 0.914. The van der Waals surface area contributed by atoms with Crippen LogP contribution in [0.2, 0.25) is 0 Å². The topological polar surface area (TPSA) is 30.4 Å². The molecule has 0 aliphatic carbocycles. The molecule has 0 fully saturated rings. The highest BCUT2D eigenvalue weighted by Crippen LogP contribution is 2.41. The van der Waals surface area contributed by atoms with Gasteiger partial charge in [-0.15, -0.1) is 0 Å². The molecule has 11 rings (SSSR count). The quantitative estimate of drug-likeness (QED) is 0.176. The lowest BCUT2D eigenvalue weighted by atomic mass is 9.95. The third-order valence-electron chi connectivity index (χ3n) is 10.6. The van der Waals surface area contributed by atoms with Gasteiger partial charge in [0.15, 0.2) is 0 Å². The van der Waals surface area contributed by atoms with Crippen molar-refractivity contribution in [2.75, 3.05) is 0 Å². The molecule has 0 aliphatic rings. The van der Waals surface area contributed by atoms with Crippen LogP contribution in [-0.2, 0) is 0 Å². The van der Waals surface area contributed by atoms with E-state index >= 15 is 0 Å². The smallest absolute Gasteiger partial charge is 0.146 e. The lowest BCUT2D eigenvalue weighted by molar-refractivity contribution is 0.670. The van der Waals surface area contributed by atoms with Crippen LogP contribution in [0.3, 0.4) is 0 Å². The van der Waals surface area contributed by atoms with E-state index in [1.54, 1.807) is 0 Å². The molecule has 11 aromatic rings. The predicted molar refractivity (Wildman–Crippen MR) is 217 cm³/mol. The Kier molecular flexibility index (Phi) is 6.25. The van der Waals surface area contributed by atoms with Gasteiger partial charge in [-0.25, -0.2) is 4.98 Å². The first-order chi connectivity index (χ1) is 25.8. The van der Waals surface area contributed by atoms with Crippen LogP contribution in [0.5, 0.6) is 0 Å². The fraction of sp³-hybridized carbons (Fsp3) is 0. The number of rotatable bonds is 4. The van der Waals surface area contributed by atoms with Crippen molar-refractivity contribution in [1.82, 2.24) is 9.38 Å². The van der Waals surface area contributed by atoms with Gasteiger partial charge in [0, 0.05) is 38.2 Å². The molecule has 52 heavy (non-hydrogen) atoms. The van der Waals surface area contributed by atoms with Crippen LogP contribution in [-0.4, -0.2) is 9.38 Å². The molecule has 3 nitrogen and oxygen atoms in total. The molecule has 242 valence electrons. The van der Waals surface area contributed by atoms with Gasteiger partial charge in [-0.3, -0.25) is 4.40 Å². The SMILES string of the molecule is c1ccc(-c2nc3c4ccccc4c4cc(-c5ccc6ccc(-c7cccc8c7oc7ccccc78)cc6c5)ccc4n3c2-c2ccccc2)cc1. The summed E-state index contributed by atoms with van der Waals surface area (Å²) in [5, 5.41) is 8.20. The van der Waals surface area contributed by atoms with Gasteiger partial charge in [-0.05, 0) is 63.2 Å². The highest BCUT2D eigenvalue weighted by molar-refractivity contribution is 6.14. The van der Waals surface area contributed by atoms with Crippen molar-refractivity contribution in [3.63, 3.8) is 0 Å². The lowest BCUT2D eigenvalue weighted by Crippen LogP contribution is -1.95. The normalized spacial score (nSPS) is 11.8. The fourth-order valence-electron chi connectivity index (χ4n) is 8.10. The first-order valence-corrected chi connectivity index (χ1v) is 17.7. The van der Waals surface area contributed by atoms with Gasteiger partial charge >= 0.3 is 0 Å². The number of hydrogen-bond donors (Lipinski definition) is 0. The Hall–Kier alpha value is -6.97. The second-order valence-electron chi connectivity index (χ2n) is 13.5. The third-order valence-corrected chi connectivity index (χ3v) is 10.6. The van der Waals surface area contributed by atoms with Crippen LogP contribution in [0.1, 0.15) is 0 Å². The molecule has 0 spiro atoms. The molecule has 3 aromatic heterocycles. The molecule has 0 radical (unpaired) electrons. The van der Waals surface area contributed by atoms with E-state index in [1.165, 1.54) is 32.7 Å². The van der Waals surface area contributed by atoms with Crippen molar-refractivity contribution >= 4 is 60.0 Å². The Balaban J connectivity index is 1.11.